The van der Waals surface area contributed by atoms with Crippen molar-refractivity contribution in [2.24, 2.45) is 0 Å². The van der Waals surface area contributed by atoms with Crippen LogP contribution >= 0.6 is 0 Å². The minimum Gasteiger partial charge on any atom is -0.342 e. The molecule has 2 aliphatic rings. The zero-order valence-corrected chi connectivity index (χ0v) is 18.1. The van der Waals surface area contributed by atoms with Gasteiger partial charge in [-0.25, -0.2) is 9.97 Å². The number of hydrogen-bond acceptors (Lipinski definition) is 6. The van der Waals surface area contributed by atoms with E-state index in [1.54, 1.807) is 6.33 Å². The monoisotopic (exact) mass is 423 g/mol. The second-order valence-electron chi connectivity index (χ2n) is 8.52. The van der Waals surface area contributed by atoms with Gasteiger partial charge in [0, 0.05) is 29.6 Å². The molecule has 7 heteroatoms. The van der Waals surface area contributed by atoms with Crippen LogP contribution in [0, 0.1) is 0 Å². The van der Waals surface area contributed by atoms with Crippen LogP contribution in [0.2, 0.25) is 0 Å². The summed E-state index contributed by atoms with van der Waals surface area (Å²) in [5.41, 5.74) is 4.09. The second kappa shape index (κ2) is 7.82. The molecule has 0 amide bonds. The molecule has 1 aromatic carbocycles. The summed E-state index contributed by atoms with van der Waals surface area (Å²) < 4.78 is 2.06. The van der Waals surface area contributed by atoms with Gasteiger partial charge in [-0.3, -0.25) is 9.55 Å². The molecular formula is C25H25N7. The summed E-state index contributed by atoms with van der Waals surface area (Å²) in [4.78, 5) is 16.9. The second-order valence-corrected chi connectivity index (χ2v) is 8.52. The number of fused-ring (bicyclic) bond motifs is 3. The molecular weight excluding hydrogens is 398 g/mol. The van der Waals surface area contributed by atoms with Crippen LogP contribution in [0.15, 0.2) is 61.3 Å². The largest absolute Gasteiger partial charge is 0.342 e. The highest BCUT2D eigenvalue weighted by Gasteiger charge is 2.38. The van der Waals surface area contributed by atoms with Crippen LogP contribution in [0.5, 0.6) is 0 Å². The van der Waals surface area contributed by atoms with E-state index >= 15 is 0 Å². The molecule has 1 aliphatic heterocycles. The lowest BCUT2D eigenvalue weighted by Crippen LogP contribution is -2.42. The molecule has 4 heterocycles. The lowest BCUT2D eigenvalue weighted by Gasteiger charge is -2.40. The van der Waals surface area contributed by atoms with Gasteiger partial charge in [-0.15, -0.1) is 10.2 Å². The van der Waals surface area contributed by atoms with Crippen molar-refractivity contribution < 1.29 is 0 Å². The van der Waals surface area contributed by atoms with Gasteiger partial charge >= 0.3 is 0 Å². The smallest absolute Gasteiger partial charge is 0.162 e. The number of aromatic nitrogens is 6. The van der Waals surface area contributed by atoms with Crippen molar-refractivity contribution in [2.45, 2.75) is 51.1 Å². The lowest BCUT2D eigenvalue weighted by molar-refractivity contribution is 0.469. The summed E-state index contributed by atoms with van der Waals surface area (Å²) in [6.07, 6.45) is 13.3. The lowest BCUT2D eigenvalue weighted by atomic mass is 10.0. The number of nitrogens with zero attached hydrogens (tertiary/aromatic N) is 7. The molecule has 32 heavy (non-hydrogen) atoms. The fraction of sp³-hybridized carbons (Fsp3) is 0.320. The highest BCUT2D eigenvalue weighted by molar-refractivity contribution is 5.80. The SMILES string of the molecule is CC[C@@H]1c2nncn2-c2cnc(-c3ccncc3-c3ccccc3)nc2N1C1CCCC1. The van der Waals surface area contributed by atoms with Gasteiger partial charge < -0.3 is 4.90 Å². The van der Waals surface area contributed by atoms with E-state index in [9.17, 15) is 0 Å². The Hall–Kier alpha value is -3.61. The van der Waals surface area contributed by atoms with Gasteiger partial charge in [-0.1, -0.05) is 50.1 Å². The minimum absolute atomic E-state index is 0.168. The summed E-state index contributed by atoms with van der Waals surface area (Å²) in [5, 5.41) is 8.69. The molecule has 0 saturated heterocycles. The predicted molar refractivity (Wildman–Crippen MR) is 123 cm³/mol. The van der Waals surface area contributed by atoms with Gasteiger partial charge in [0.15, 0.2) is 17.5 Å². The Morgan fingerprint density at radius 2 is 1.84 bits per heavy atom. The van der Waals surface area contributed by atoms with Crippen molar-refractivity contribution in [1.82, 2.24) is 29.7 Å². The minimum atomic E-state index is 0.168. The Balaban J connectivity index is 1.53. The molecule has 0 bridgehead atoms. The molecule has 1 aliphatic carbocycles. The standard InChI is InChI=1S/C25H25N7/c1-2-21-25-30-28-16-31(25)22-15-27-23(29-24(22)32(21)18-10-6-7-11-18)19-12-13-26-14-20(19)17-8-4-3-5-9-17/h3-5,8-9,12-16,18,21H,2,6-7,10-11H2,1H3/t21-/m1/s1. The number of rotatable bonds is 4. The van der Waals surface area contributed by atoms with E-state index in [4.69, 9.17) is 9.97 Å². The predicted octanol–water partition coefficient (Wildman–Crippen LogP) is 5.00. The van der Waals surface area contributed by atoms with E-state index < -0.39 is 0 Å². The number of benzene rings is 1. The molecule has 1 saturated carbocycles. The van der Waals surface area contributed by atoms with E-state index in [-0.39, 0.29) is 6.04 Å². The van der Waals surface area contributed by atoms with E-state index in [0.717, 1.165) is 46.3 Å². The van der Waals surface area contributed by atoms with Crippen LogP contribution in [0.1, 0.15) is 50.9 Å². The Labute approximate surface area is 187 Å². The van der Waals surface area contributed by atoms with Crippen LogP contribution in [0.25, 0.3) is 28.2 Å². The van der Waals surface area contributed by atoms with E-state index in [2.05, 4.69) is 43.7 Å². The summed E-state index contributed by atoms with van der Waals surface area (Å²) in [7, 11) is 0. The summed E-state index contributed by atoms with van der Waals surface area (Å²) in [6, 6.07) is 13.0. The first-order chi connectivity index (χ1) is 15.8. The van der Waals surface area contributed by atoms with Gasteiger partial charge in [0.2, 0.25) is 0 Å². The quantitative estimate of drug-likeness (QED) is 0.460. The van der Waals surface area contributed by atoms with Crippen LogP contribution in [-0.2, 0) is 0 Å². The summed E-state index contributed by atoms with van der Waals surface area (Å²) in [5.74, 6) is 2.69. The van der Waals surface area contributed by atoms with E-state index in [1.807, 2.05) is 42.9 Å². The molecule has 7 nitrogen and oxygen atoms in total. The fourth-order valence-corrected chi connectivity index (χ4v) is 5.21. The molecule has 160 valence electrons. The Morgan fingerprint density at radius 1 is 1.00 bits per heavy atom. The van der Waals surface area contributed by atoms with Gasteiger partial charge in [0.25, 0.3) is 0 Å². The zero-order valence-electron chi connectivity index (χ0n) is 18.1. The van der Waals surface area contributed by atoms with Gasteiger partial charge in [0.05, 0.1) is 12.2 Å². The van der Waals surface area contributed by atoms with Crippen LogP contribution < -0.4 is 4.90 Å². The molecule has 3 aromatic heterocycles. The Kier molecular flexibility index (Phi) is 4.67. The molecule has 1 fully saturated rings. The maximum atomic E-state index is 5.18. The Bertz CT molecular complexity index is 1240. The van der Waals surface area contributed by atoms with Crippen molar-refractivity contribution in [2.75, 3.05) is 4.90 Å². The van der Waals surface area contributed by atoms with Crippen LogP contribution in [-0.4, -0.2) is 35.8 Å². The Morgan fingerprint density at radius 3 is 2.66 bits per heavy atom. The normalized spacial score (nSPS) is 17.9. The molecule has 0 N–H and O–H groups in total. The highest BCUT2D eigenvalue weighted by Crippen LogP contribution is 2.43. The zero-order chi connectivity index (χ0) is 21.5. The fourth-order valence-electron chi connectivity index (χ4n) is 5.21. The third kappa shape index (κ3) is 2.99. The van der Waals surface area contributed by atoms with Crippen molar-refractivity contribution in [1.29, 1.82) is 0 Å². The van der Waals surface area contributed by atoms with E-state index in [1.165, 1.54) is 25.7 Å². The third-order valence-corrected chi connectivity index (χ3v) is 6.71. The van der Waals surface area contributed by atoms with Crippen LogP contribution in [0.3, 0.4) is 0 Å². The molecule has 4 aromatic rings. The average Bonchev–Trinajstić information content (AvgIpc) is 3.56. The average molecular weight is 424 g/mol. The van der Waals surface area contributed by atoms with Crippen LogP contribution in [0.4, 0.5) is 5.82 Å². The first-order valence-corrected chi connectivity index (χ1v) is 11.4. The van der Waals surface area contributed by atoms with Crippen molar-refractivity contribution in [3.63, 3.8) is 0 Å². The maximum absolute atomic E-state index is 5.18. The third-order valence-electron chi connectivity index (χ3n) is 6.71. The molecule has 0 spiro atoms. The first kappa shape index (κ1) is 19.1. The van der Waals surface area contributed by atoms with E-state index in [0.29, 0.717) is 6.04 Å². The summed E-state index contributed by atoms with van der Waals surface area (Å²) in [6.45, 7) is 2.22. The molecule has 0 unspecified atom stereocenters. The van der Waals surface area contributed by atoms with Gasteiger partial charge in [0.1, 0.15) is 12.0 Å². The molecule has 1 atom stereocenters. The summed E-state index contributed by atoms with van der Waals surface area (Å²) >= 11 is 0. The molecule has 6 rings (SSSR count). The maximum Gasteiger partial charge on any atom is 0.162 e. The number of anilines is 1. The van der Waals surface area contributed by atoms with Crippen molar-refractivity contribution in [3.05, 3.63) is 67.1 Å². The van der Waals surface area contributed by atoms with Crippen molar-refractivity contribution in [3.8, 4) is 28.2 Å². The van der Waals surface area contributed by atoms with Gasteiger partial charge in [-0.2, -0.15) is 0 Å². The van der Waals surface area contributed by atoms with Crippen molar-refractivity contribution >= 4 is 5.82 Å². The number of hydrogen-bond donors (Lipinski definition) is 0. The molecule has 0 radical (unpaired) electrons. The first-order valence-electron chi connectivity index (χ1n) is 11.4. The highest BCUT2D eigenvalue weighted by atomic mass is 15.4. The number of pyridine rings is 1. The topological polar surface area (TPSA) is 72.6 Å². The van der Waals surface area contributed by atoms with Gasteiger partial charge in [-0.05, 0) is 30.9 Å².